The Hall–Kier alpha value is -2.73. The predicted octanol–water partition coefficient (Wildman–Crippen LogP) is 3.11. The minimum Gasteiger partial charge on any atom is -0.493 e. The summed E-state index contributed by atoms with van der Waals surface area (Å²) >= 11 is 6.60. The number of carbonyl (C=O) groups is 2. The quantitative estimate of drug-likeness (QED) is 0.567. The summed E-state index contributed by atoms with van der Waals surface area (Å²) in [7, 11) is 4.48. The fraction of sp³-hybridized carbons (Fsp3) is 0.364. The first-order valence-corrected chi connectivity index (χ1v) is 9.87. The lowest BCUT2D eigenvalue weighted by Crippen LogP contribution is -2.62. The summed E-state index contributed by atoms with van der Waals surface area (Å²) < 4.78 is 16.1. The number of hydrogen-bond acceptors (Lipinski definition) is 5. The van der Waals surface area contributed by atoms with E-state index in [2.05, 4.69) is 0 Å². The minimum absolute atomic E-state index is 0.0370. The molecule has 2 aromatic rings. The number of esters is 1. The van der Waals surface area contributed by atoms with Crippen LogP contribution in [-0.2, 0) is 21.5 Å². The topological polar surface area (TPSA) is 65.1 Å². The smallest absolute Gasteiger partial charge is 0.315 e. The van der Waals surface area contributed by atoms with Crippen LogP contribution in [0.3, 0.4) is 0 Å². The molecular formula is C22H22ClNO5. The highest BCUT2D eigenvalue weighted by atomic mass is 35.5. The molecule has 0 saturated carbocycles. The summed E-state index contributed by atoms with van der Waals surface area (Å²) in [5.41, 5.74) is 1.82. The van der Waals surface area contributed by atoms with Crippen molar-refractivity contribution < 1.29 is 23.8 Å². The molecule has 1 amide bonds. The third-order valence-electron chi connectivity index (χ3n) is 6.03. The second-order valence-corrected chi connectivity index (χ2v) is 7.44. The van der Waals surface area contributed by atoms with Crippen molar-refractivity contribution in [1.29, 1.82) is 0 Å². The number of halogens is 1. The van der Waals surface area contributed by atoms with Crippen LogP contribution < -0.4 is 9.47 Å². The third-order valence-corrected chi connectivity index (χ3v) is 6.44. The lowest BCUT2D eigenvalue weighted by molar-refractivity contribution is -0.146. The van der Waals surface area contributed by atoms with Gasteiger partial charge in [0.15, 0.2) is 11.5 Å². The number of carbonyl (C=O) groups excluding carboxylic acids is 2. The van der Waals surface area contributed by atoms with Crippen molar-refractivity contribution >= 4 is 23.5 Å². The number of alkyl halides is 1. The van der Waals surface area contributed by atoms with Crippen LogP contribution in [0, 0.1) is 0 Å². The highest BCUT2D eigenvalue weighted by Gasteiger charge is 2.58. The van der Waals surface area contributed by atoms with E-state index in [1.54, 1.807) is 37.3 Å². The van der Waals surface area contributed by atoms with E-state index in [0.29, 0.717) is 35.6 Å². The number of hydrogen-bond donors (Lipinski definition) is 0. The van der Waals surface area contributed by atoms with Crippen molar-refractivity contribution in [2.45, 2.75) is 17.9 Å². The fourth-order valence-electron chi connectivity index (χ4n) is 4.71. The van der Waals surface area contributed by atoms with Gasteiger partial charge in [-0.15, -0.1) is 11.6 Å². The molecule has 0 bridgehead atoms. The first-order chi connectivity index (χ1) is 14.0. The summed E-state index contributed by atoms with van der Waals surface area (Å²) in [5.74, 6) is -0.166. The molecule has 0 aliphatic carbocycles. The monoisotopic (exact) mass is 415 g/mol. The molecule has 2 aromatic carbocycles. The van der Waals surface area contributed by atoms with Gasteiger partial charge in [-0.3, -0.25) is 9.59 Å². The molecule has 2 aliphatic heterocycles. The maximum atomic E-state index is 13.4. The van der Waals surface area contributed by atoms with Crippen LogP contribution in [0.4, 0.5) is 0 Å². The van der Waals surface area contributed by atoms with E-state index < -0.39 is 17.4 Å². The number of methoxy groups -OCH3 is 3. The SMILES string of the molecule is COC(=O)[C@@H]1c2ccccc2C(=O)N2CCc3cc(OC)c(OC)cc3[C@@]12CCl. The van der Waals surface area contributed by atoms with Crippen LogP contribution in [0.1, 0.15) is 33.0 Å². The highest BCUT2D eigenvalue weighted by molar-refractivity contribution is 6.19. The Kier molecular flexibility index (Phi) is 4.90. The molecule has 0 fully saturated rings. The van der Waals surface area contributed by atoms with Crippen LogP contribution in [0.2, 0.25) is 0 Å². The number of ether oxygens (including phenoxy) is 3. The number of nitrogens with zero attached hydrogens (tertiary/aromatic N) is 1. The van der Waals surface area contributed by atoms with E-state index in [4.69, 9.17) is 25.8 Å². The molecule has 2 heterocycles. The van der Waals surface area contributed by atoms with Gasteiger partial charge in [0.2, 0.25) is 0 Å². The van der Waals surface area contributed by atoms with Gasteiger partial charge in [-0.25, -0.2) is 0 Å². The molecule has 0 radical (unpaired) electrons. The van der Waals surface area contributed by atoms with E-state index in [0.717, 1.165) is 11.1 Å². The van der Waals surface area contributed by atoms with Gasteiger partial charge >= 0.3 is 5.97 Å². The molecule has 0 spiro atoms. The van der Waals surface area contributed by atoms with Crippen molar-refractivity contribution in [1.82, 2.24) is 4.90 Å². The van der Waals surface area contributed by atoms with E-state index in [9.17, 15) is 9.59 Å². The average molecular weight is 416 g/mol. The summed E-state index contributed by atoms with van der Waals surface area (Å²) in [6.45, 7) is 0.440. The molecule has 4 rings (SSSR count). The Balaban J connectivity index is 2.06. The molecule has 0 unspecified atom stereocenters. The largest absolute Gasteiger partial charge is 0.493 e. The molecule has 6 nitrogen and oxygen atoms in total. The van der Waals surface area contributed by atoms with Crippen molar-refractivity contribution in [2.24, 2.45) is 0 Å². The Bertz CT molecular complexity index is 991. The maximum absolute atomic E-state index is 13.4. The number of benzene rings is 2. The number of fused-ring (bicyclic) bond motifs is 4. The van der Waals surface area contributed by atoms with Gasteiger partial charge in [0.25, 0.3) is 5.91 Å². The Morgan fingerprint density at radius 2 is 1.86 bits per heavy atom. The van der Waals surface area contributed by atoms with Gasteiger partial charge in [-0.2, -0.15) is 0 Å². The van der Waals surface area contributed by atoms with Crippen LogP contribution in [0.15, 0.2) is 36.4 Å². The zero-order valence-electron chi connectivity index (χ0n) is 16.5. The van der Waals surface area contributed by atoms with Gasteiger partial charge in [-0.1, -0.05) is 18.2 Å². The molecule has 2 aliphatic rings. The van der Waals surface area contributed by atoms with Crippen molar-refractivity contribution in [3.05, 3.63) is 58.7 Å². The summed E-state index contributed by atoms with van der Waals surface area (Å²) in [5, 5.41) is 0. The fourth-order valence-corrected chi connectivity index (χ4v) is 5.15. The van der Waals surface area contributed by atoms with Crippen LogP contribution in [0.5, 0.6) is 11.5 Å². The summed E-state index contributed by atoms with van der Waals surface area (Å²) in [6, 6.07) is 10.9. The van der Waals surface area contributed by atoms with Crippen LogP contribution >= 0.6 is 11.6 Å². The summed E-state index contributed by atoms with van der Waals surface area (Å²) in [4.78, 5) is 28.2. The molecule has 7 heteroatoms. The predicted molar refractivity (Wildman–Crippen MR) is 108 cm³/mol. The lowest BCUT2D eigenvalue weighted by atomic mass is 9.66. The van der Waals surface area contributed by atoms with Crippen LogP contribution in [-0.4, -0.2) is 50.5 Å². The Morgan fingerprint density at radius 1 is 1.17 bits per heavy atom. The van der Waals surface area contributed by atoms with E-state index >= 15 is 0 Å². The highest BCUT2D eigenvalue weighted by Crippen LogP contribution is 2.53. The zero-order valence-corrected chi connectivity index (χ0v) is 17.3. The number of amides is 1. The average Bonchev–Trinajstić information content (AvgIpc) is 2.77. The number of rotatable bonds is 4. The van der Waals surface area contributed by atoms with E-state index in [1.807, 2.05) is 18.2 Å². The minimum atomic E-state index is -1.08. The van der Waals surface area contributed by atoms with Gasteiger partial charge in [-0.05, 0) is 41.3 Å². The Labute approximate surface area is 174 Å². The first kappa shape index (κ1) is 19.6. The normalized spacial score (nSPS) is 22.3. The lowest BCUT2D eigenvalue weighted by Gasteiger charge is -2.53. The van der Waals surface area contributed by atoms with Crippen LogP contribution in [0.25, 0.3) is 0 Å². The second-order valence-electron chi connectivity index (χ2n) is 7.17. The first-order valence-electron chi connectivity index (χ1n) is 9.33. The molecule has 152 valence electrons. The molecule has 0 aromatic heterocycles. The van der Waals surface area contributed by atoms with Crippen molar-refractivity contribution in [2.75, 3.05) is 33.8 Å². The second kappa shape index (κ2) is 7.26. The van der Waals surface area contributed by atoms with Gasteiger partial charge in [0.05, 0.1) is 32.7 Å². The van der Waals surface area contributed by atoms with Gasteiger partial charge in [0.1, 0.15) is 5.92 Å². The van der Waals surface area contributed by atoms with Gasteiger partial charge < -0.3 is 19.1 Å². The third kappa shape index (κ3) is 2.62. The molecule has 29 heavy (non-hydrogen) atoms. The molecule has 2 atom stereocenters. The van der Waals surface area contributed by atoms with E-state index in [-0.39, 0.29) is 11.8 Å². The van der Waals surface area contributed by atoms with Gasteiger partial charge in [0, 0.05) is 12.1 Å². The zero-order chi connectivity index (χ0) is 20.8. The van der Waals surface area contributed by atoms with Crippen molar-refractivity contribution in [3.8, 4) is 11.5 Å². The Morgan fingerprint density at radius 3 is 2.52 bits per heavy atom. The molecule has 0 N–H and O–H groups in total. The molecular weight excluding hydrogens is 394 g/mol. The molecule has 0 saturated heterocycles. The van der Waals surface area contributed by atoms with Crippen molar-refractivity contribution in [3.63, 3.8) is 0 Å². The standard InChI is InChI=1S/C22H22ClNO5/c1-27-17-10-13-8-9-24-20(25)15-7-5-4-6-14(15)19(21(26)29-3)22(24,12-23)16(13)11-18(17)28-2/h4-7,10-11,19H,8-9,12H2,1-3H3/t19-,22-/m0/s1. The van der Waals surface area contributed by atoms with E-state index in [1.165, 1.54) is 7.11 Å². The maximum Gasteiger partial charge on any atom is 0.315 e. The summed E-state index contributed by atoms with van der Waals surface area (Å²) in [6.07, 6.45) is 0.621.